The third kappa shape index (κ3) is 14.7. The van der Waals surface area contributed by atoms with Crippen LogP contribution in [0, 0.1) is 0 Å². The van der Waals surface area contributed by atoms with Gasteiger partial charge in [-0.2, -0.15) is 0 Å². The number of amides is 3. The van der Waals surface area contributed by atoms with Gasteiger partial charge in [-0.1, -0.05) is 52.4 Å². The smallest absolute Gasteiger partial charge is 0.256 e. The van der Waals surface area contributed by atoms with Crippen LogP contribution in [0.5, 0.6) is 0 Å². The van der Waals surface area contributed by atoms with Crippen molar-refractivity contribution in [3.8, 4) is 0 Å². The molecule has 6 nitrogen and oxygen atoms in total. The van der Waals surface area contributed by atoms with Gasteiger partial charge in [-0.05, 0) is 46.0 Å². The highest BCUT2D eigenvalue weighted by atomic mass is 16.5. The fourth-order valence-electron chi connectivity index (χ4n) is 3.43. The minimum Gasteiger partial charge on any atom is -0.501 e. The summed E-state index contributed by atoms with van der Waals surface area (Å²) in [5, 5.41) is 2.97. The van der Waals surface area contributed by atoms with Crippen LogP contribution in [0.4, 0.5) is 0 Å². The molecule has 0 radical (unpaired) electrons. The van der Waals surface area contributed by atoms with Crippen molar-refractivity contribution in [1.29, 1.82) is 0 Å². The Balaban J connectivity index is 4.52. The number of carbonyl (C=O) groups excluding carboxylic acids is 3. The second-order valence-electron chi connectivity index (χ2n) is 8.38. The summed E-state index contributed by atoms with van der Waals surface area (Å²) in [4.78, 5) is 38.7. The number of rotatable bonds is 18. The SMILES string of the molecule is CCCCCCC(=O)NCCCC[C@@H](C)N(C(=O)/C=C(\C)OC)C(=O)CCCCCC. The zero-order valence-electron chi connectivity index (χ0n) is 20.6. The molecular formula is C25H46N2O4. The van der Waals surface area contributed by atoms with Gasteiger partial charge in [-0.3, -0.25) is 19.3 Å². The number of unbranched alkanes of at least 4 members (excludes halogenated alkanes) is 7. The summed E-state index contributed by atoms with van der Waals surface area (Å²) in [5.74, 6) is 0.174. The van der Waals surface area contributed by atoms with Crippen LogP contribution in [0.2, 0.25) is 0 Å². The summed E-state index contributed by atoms with van der Waals surface area (Å²) >= 11 is 0. The lowest BCUT2D eigenvalue weighted by atomic mass is 10.1. The van der Waals surface area contributed by atoms with E-state index in [-0.39, 0.29) is 23.8 Å². The number of hydrogen-bond donors (Lipinski definition) is 1. The molecule has 0 aromatic rings. The second kappa shape index (κ2) is 18.9. The standard InChI is InChI=1S/C25H46N2O4/c1-6-8-10-12-17-23(28)26-19-15-14-16-21(3)27(25(30)20-22(4)31-5)24(29)18-13-11-9-7-2/h20-21H,6-19H2,1-5H3,(H,26,28)/b22-20+/t21-/m1/s1. The summed E-state index contributed by atoms with van der Waals surface area (Å²) in [7, 11) is 1.51. The molecular weight excluding hydrogens is 392 g/mol. The van der Waals surface area contributed by atoms with Crippen LogP contribution >= 0.6 is 0 Å². The van der Waals surface area contributed by atoms with Gasteiger partial charge in [0.05, 0.1) is 12.9 Å². The predicted molar refractivity (Wildman–Crippen MR) is 126 cm³/mol. The molecule has 1 atom stereocenters. The molecule has 0 aliphatic carbocycles. The molecule has 0 bridgehead atoms. The van der Waals surface area contributed by atoms with Gasteiger partial charge in [0.2, 0.25) is 11.8 Å². The summed E-state index contributed by atoms with van der Waals surface area (Å²) in [6, 6.07) is -0.183. The van der Waals surface area contributed by atoms with Crippen LogP contribution in [0.3, 0.4) is 0 Å². The maximum atomic E-state index is 12.8. The minimum absolute atomic E-state index is 0.114. The average molecular weight is 439 g/mol. The van der Waals surface area contributed by atoms with Crippen molar-refractivity contribution in [1.82, 2.24) is 10.2 Å². The van der Waals surface area contributed by atoms with E-state index in [4.69, 9.17) is 4.74 Å². The van der Waals surface area contributed by atoms with Gasteiger partial charge in [0, 0.05) is 31.5 Å². The van der Waals surface area contributed by atoms with Crippen LogP contribution in [0.25, 0.3) is 0 Å². The van der Waals surface area contributed by atoms with Gasteiger partial charge >= 0.3 is 0 Å². The lowest BCUT2D eigenvalue weighted by Crippen LogP contribution is -2.42. The Morgan fingerprint density at radius 2 is 1.52 bits per heavy atom. The lowest BCUT2D eigenvalue weighted by molar-refractivity contribution is -0.144. The van der Waals surface area contributed by atoms with Gasteiger partial charge in [0.25, 0.3) is 5.91 Å². The van der Waals surface area contributed by atoms with Crippen molar-refractivity contribution in [2.24, 2.45) is 0 Å². The topological polar surface area (TPSA) is 75.7 Å². The Morgan fingerprint density at radius 1 is 0.903 bits per heavy atom. The maximum Gasteiger partial charge on any atom is 0.256 e. The highest BCUT2D eigenvalue weighted by Crippen LogP contribution is 2.14. The van der Waals surface area contributed by atoms with Crippen molar-refractivity contribution in [2.75, 3.05) is 13.7 Å². The second-order valence-corrected chi connectivity index (χ2v) is 8.38. The molecule has 0 rings (SSSR count). The first-order valence-corrected chi connectivity index (χ1v) is 12.2. The monoisotopic (exact) mass is 438 g/mol. The van der Waals surface area contributed by atoms with E-state index < -0.39 is 0 Å². The van der Waals surface area contributed by atoms with E-state index in [1.807, 2.05) is 6.92 Å². The van der Waals surface area contributed by atoms with E-state index in [9.17, 15) is 14.4 Å². The van der Waals surface area contributed by atoms with Crippen LogP contribution in [-0.2, 0) is 19.1 Å². The third-order valence-electron chi connectivity index (χ3n) is 5.47. The van der Waals surface area contributed by atoms with Crippen LogP contribution in [0.1, 0.15) is 111 Å². The zero-order chi connectivity index (χ0) is 23.5. The fraction of sp³-hybridized carbons (Fsp3) is 0.800. The van der Waals surface area contributed by atoms with Crippen molar-refractivity contribution in [3.05, 3.63) is 11.8 Å². The number of nitrogens with one attached hydrogen (secondary N) is 1. The number of imide groups is 1. The number of nitrogens with zero attached hydrogens (tertiary/aromatic N) is 1. The first-order valence-electron chi connectivity index (χ1n) is 12.2. The molecule has 0 aliphatic heterocycles. The van der Waals surface area contributed by atoms with Gasteiger partial charge in [-0.15, -0.1) is 0 Å². The Morgan fingerprint density at radius 3 is 2.10 bits per heavy atom. The minimum atomic E-state index is -0.312. The van der Waals surface area contributed by atoms with Crippen LogP contribution < -0.4 is 5.32 Å². The molecule has 0 saturated heterocycles. The molecule has 0 spiro atoms. The molecule has 0 aromatic heterocycles. The molecule has 6 heteroatoms. The molecule has 180 valence electrons. The van der Waals surface area contributed by atoms with Gasteiger partial charge in [0.1, 0.15) is 0 Å². The number of methoxy groups -OCH3 is 1. The molecule has 0 saturated carbocycles. The molecule has 0 heterocycles. The Labute approximate surface area is 190 Å². The maximum absolute atomic E-state index is 12.8. The normalized spacial score (nSPS) is 12.4. The summed E-state index contributed by atoms with van der Waals surface area (Å²) in [6.07, 6.45) is 13.2. The van der Waals surface area contributed by atoms with E-state index >= 15 is 0 Å². The first kappa shape index (κ1) is 29.1. The van der Waals surface area contributed by atoms with E-state index in [1.54, 1.807) is 6.92 Å². The highest BCUT2D eigenvalue weighted by Gasteiger charge is 2.25. The van der Waals surface area contributed by atoms with Crippen molar-refractivity contribution < 1.29 is 19.1 Å². The van der Waals surface area contributed by atoms with E-state index in [2.05, 4.69) is 19.2 Å². The molecule has 31 heavy (non-hydrogen) atoms. The molecule has 0 fully saturated rings. The third-order valence-corrected chi connectivity index (χ3v) is 5.47. The summed E-state index contributed by atoms with van der Waals surface area (Å²) in [6.45, 7) is 8.56. The Hall–Kier alpha value is -1.85. The molecule has 0 unspecified atom stereocenters. The molecule has 1 N–H and O–H groups in total. The Bertz CT molecular complexity index is 546. The first-order chi connectivity index (χ1) is 14.9. The van der Waals surface area contributed by atoms with Gasteiger partial charge < -0.3 is 10.1 Å². The highest BCUT2D eigenvalue weighted by molar-refractivity contribution is 6.01. The van der Waals surface area contributed by atoms with E-state index in [1.165, 1.54) is 30.9 Å². The molecule has 3 amide bonds. The van der Waals surface area contributed by atoms with Crippen LogP contribution in [0.15, 0.2) is 11.8 Å². The average Bonchev–Trinajstić information content (AvgIpc) is 2.74. The van der Waals surface area contributed by atoms with Crippen molar-refractivity contribution in [3.63, 3.8) is 0 Å². The quantitative estimate of drug-likeness (QED) is 0.174. The van der Waals surface area contributed by atoms with Crippen LogP contribution in [-0.4, -0.2) is 42.3 Å². The van der Waals surface area contributed by atoms with E-state index in [0.29, 0.717) is 25.1 Å². The number of allylic oxidation sites excluding steroid dienone is 1. The number of hydrogen-bond acceptors (Lipinski definition) is 4. The zero-order valence-corrected chi connectivity index (χ0v) is 20.6. The molecule has 0 aliphatic rings. The molecule has 0 aromatic carbocycles. The number of carbonyl (C=O) groups is 3. The van der Waals surface area contributed by atoms with Crippen molar-refractivity contribution in [2.45, 2.75) is 117 Å². The van der Waals surface area contributed by atoms with Gasteiger partial charge in [0.15, 0.2) is 0 Å². The lowest BCUT2D eigenvalue weighted by Gasteiger charge is -2.27. The largest absolute Gasteiger partial charge is 0.501 e. The predicted octanol–water partition coefficient (Wildman–Crippen LogP) is 5.51. The summed E-state index contributed by atoms with van der Waals surface area (Å²) < 4.78 is 5.08. The van der Waals surface area contributed by atoms with E-state index in [0.717, 1.165) is 57.8 Å². The Kier molecular flexibility index (Phi) is 17.8. The summed E-state index contributed by atoms with van der Waals surface area (Å²) in [5.41, 5.74) is 0. The fourth-order valence-corrected chi connectivity index (χ4v) is 3.43. The van der Waals surface area contributed by atoms with Crippen molar-refractivity contribution >= 4 is 17.7 Å². The van der Waals surface area contributed by atoms with Gasteiger partial charge in [-0.25, -0.2) is 0 Å². The number of ether oxygens (including phenoxy) is 1.